The van der Waals surface area contributed by atoms with Crippen LogP contribution < -0.4 is 10.1 Å². The largest absolute Gasteiger partial charge is 0.497 e. The van der Waals surface area contributed by atoms with Gasteiger partial charge in [-0.05, 0) is 42.3 Å². The Morgan fingerprint density at radius 2 is 2.09 bits per heavy atom. The predicted octanol–water partition coefficient (Wildman–Crippen LogP) is 1.81. The minimum Gasteiger partial charge on any atom is -0.497 e. The van der Waals surface area contributed by atoms with Crippen molar-refractivity contribution in [2.24, 2.45) is 0 Å². The number of methoxy groups -OCH3 is 1. The van der Waals surface area contributed by atoms with Gasteiger partial charge in [0.1, 0.15) is 5.75 Å². The van der Waals surface area contributed by atoms with Crippen molar-refractivity contribution >= 4 is 12.0 Å². The molecule has 2 heterocycles. The SMILES string of the molecule is COc1ccc2c(c1)CN(C(=O)Nc1nnn(C(C)C)n1)C2. The number of nitrogens with one attached hydrogen (secondary N) is 1. The molecule has 0 aliphatic carbocycles. The molecule has 2 aromatic rings. The van der Waals surface area contributed by atoms with E-state index in [2.05, 4.69) is 20.7 Å². The van der Waals surface area contributed by atoms with Gasteiger partial charge in [-0.2, -0.15) is 4.80 Å². The summed E-state index contributed by atoms with van der Waals surface area (Å²) in [4.78, 5) is 15.4. The number of benzene rings is 1. The maximum Gasteiger partial charge on any atom is 0.324 e. The van der Waals surface area contributed by atoms with Gasteiger partial charge in [0.05, 0.1) is 13.2 Å². The number of urea groups is 1. The molecule has 1 aromatic carbocycles. The van der Waals surface area contributed by atoms with Crippen molar-refractivity contribution in [1.29, 1.82) is 0 Å². The number of aromatic nitrogens is 4. The number of tetrazole rings is 1. The third-order valence-corrected chi connectivity index (χ3v) is 3.53. The molecule has 2 amide bonds. The third-order valence-electron chi connectivity index (χ3n) is 3.53. The molecule has 1 N–H and O–H groups in total. The Balaban J connectivity index is 1.66. The van der Waals surface area contributed by atoms with Gasteiger partial charge < -0.3 is 9.64 Å². The highest BCUT2D eigenvalue weighted by Gasteiger charge is 2.24. The second-order valence-corrected chi connectivity index (χ2v) is 5.45. The van der Waals surface area contributed by atoms with Crippen LogP contribution >= 0.6 is 0 Å². The summed E-state index contributed by atoms with van der Waals surface area (Å²) in [5, 5.41) is 14.5. The molecule has 1 aliphatic heterocycles. The summed E-state index contributed by atoms with van der Waals surface area (Å²) in [5.74, 6) is 1.01. The van der Waals surface area contributed by atoms with E-state index in [4.69, 9.17) is 4.74 Å². The number of nitrogens with zero attached hydrogens (tertiary/aromatic N) is 5. The lowest BCUT2D eigenvalue weighted by atomic mass is 10.1. The number of carbonyl (C=O) groups is 1. The van der Waals surface area contributed by atoms with Crippen LogP contribution in [-0.2, 0) is 13.1 Å². The minimum absolute atomic E-state index is 0.0988. The molecular formula is C14H18N6O2. The molecule has 116 valence electrons. The monoisotopic (exact) mass is 302 g/mol. The fourth-order valence-electron chi connectivity index (χ4n) is 2.31. The van der Waals surface area contributed by atoms with Gasteiger partial charge in [0.15, 0.2) is 0 Å². The van der Waals surface area contributed by atoms with Crippen molar-refractivity contribution in [1.82, 2.24) is 25.1 Å². The van der Waals surface area contributed by atoms with E-state index in [9.17, 15) is 4.79 Å². The van der Waals surface area contributed by atoms with Crippen LogP contribution in [0.25, 0.3) is 0 Å². The highest BCUT2D eigenvalue weighted by Crippen LogP contribution is 2.26. The fraction of sp³-hybridized carbons (Fsp3) is 0.429. The molecule has 8 nitrogen and oxygen atoms in total. The van der Waals surface area contributed by atoms with Gasteiger partial charge in [-0.3, -0.25) is 5.32 Å². The molecule has 0 radical (unpaired) electrons. The number of rotatable bonds is 3. The zero-order valence-electron chi connectivity index (χ0n) is 12.8. The summed E-state index contributed by atoms with van der Waals surface area (Å²) >= 11 is 0. The van der Waals surface area contributed by atoms with E-state index >= 15 is 0 Å². The summed E-state index contributed by atoms with van der Waals surface area (Å²) in [6.45, 7) is 4.98. The van der Waals surface area contributed by atoms with E-state index in [0.29, 0.717) is 13.1 Å². The van der Waals surface area contributed by atoms with E-state index < -0.39 is 0 Å². The molecule has 1 aliphatic rings. The molecular weight excluding hydrogens is 284 g/mol. The number of hydrogen-bond donors (Lipinski definition) is 1. The summed E-state index contributed by atoms with van der Waals surface area (Å²) < 4.78 is 5.21. The standard InChI is InChI=1S/C14H18N6O2/c1-9(2)20-17-13(16-18-20)15-14(21)19-7-10-4-5-12(22-3)6-11(10)8-19/h4-6,9H,7-8H2,1-3H3,(H,15,17,21). The van der Waals surface area contributed by atoms with Gasteiger partial charge in [-0.1, -0.05) is 11.2 Å². The first kappa shape index (κ1) is 14.3. The molecule has 0 saturated carbocycles. The van der Waals surface area contributed by atoms with Crippen molar-refractivity contribution in [2.75, 3.05) is 12.4 Å². The van der Waals surface area contributed by atoms with E-state index in [1.54, 1.807) is 12.0 Å². The Morgan fingerprint density at radius 1 is 1.32 bits per heavy atom. The summed E-state index contributed by atoms with van der Waals surface area (Å²) in [7, 11) is 1.63. The topological polar surface area (TPSA) is 85.2 Å². The van der Waals surface area contributed by atoms with Crippen LogP contribution in [0.4, 0.5) is 10.7 Å². The smallest absolute Gasteiger partial charge is 0.324 e. The van der Waals surface area contributed by atoms with E-state index in [1.165, 1.54) is 4.80 Å². The van der Waals surface area contributed by atoms with Gasteiger partial charge >= 0.3 is 6.03 Å². The van der Waals surface area contributed by atoms with Gasteiger partial charge in [-0.25, -0.2) is 4.79 Å². The van der Waals surface area contributed by atoms with Gasteiger partial charge in [-0.15, -0.1) is 5.10 Å². The van der Waals surface area contributed by atoms with Crippen LogP contribution in [0.5, 0.6) is 5.75 Å². The molecule has 22 heavy (non-hydrogen) atoms. The molecule has 0 bridgehead atoms. The van der Waals surface area contributed by atoms with Crippen LogP contribution in [-0.4, -0.2) is 38.2 Å². The van der Waals surface area contributed by atoms with Crippen molar-refractivity contribution in [3.63, 3.8) is 0 Å². The number of fused-ring (bicyclic) bond motifs is 1. The summed E-state index contributed by atoms with van der Waals surface area (Å²) in [6.07, 6.45) is 0. The zero-order valence-corrected chi connectivity index (χ0v) is 12.8. The van der Waals surface area contributed by atoms with Crippen LogP contribution in [0, 0.1) is 0 Å². The number of amides is 2. The highest BCUT2D eigenvalue weighted by molar-refractivity contribution is 5.87. The Morgan fingerprint density at radius 3 is 2.77 bits per heavy atom. The normalized spacial score (nSPS) is 13.4. The molecule has 0 fully saturated rings. The van der Waals surface area contributed by atoms with E-state index in [1.807, 2.05) is 32.0 Å². The van der Waals surface area contributed by atoms with Crippen molar-refractivity contribution in [3.8, 4) is 5.75 Å². The van der Waals surface area contributed by atoms with Gasteiger partial charge in [0.25, 0.3) is 5.95 Å². The van der Waals surface area contributed by atoms with Crippen LogP contribution in [0.2, 0.25) is 0 Å². The number of anilines is 1. The predicted molar refractivity (Wildman–Crippen MR) is 79.5 cm³/mol. The first-order valence-electron chi connectivity index (χ1n) is 7.08. The molecule has 0 spiro atoms. The molecule has 8 heteroatoms. The molecule has 3 rings (SSSR count). The fourth-order valence-corrected chi connectivity index (χ4v) is 2.31. The Bertz CT molecular complexity index is 696. The first-order valence-corrected chi connectivity index (χ1v) is 7.08. The van der Waals surface area contributed by atoms with Crippen molar-refractivity contribution in [3.05, 3.63) is 29.3 Å². The Hall–Kier alpha value is -2.64. The first-order chi connectivity index (χ1) is 10.6. The number of carbonyl (C=O) groups excluding carboxylic acids is 1. The lowest BCUT2D eigenvalue weighted by Crippen LogP contribution is -2.30. The van der Waals surface area contributed by atoms with Crippen LogP contribution in [0.15, 0.2) is 18.2 Å². The summed E-state index contributed by atoms with van der Waals surface area (Å²) in [5.41, 5.74) is 2.21. The second-order valence-electron chi connectivity index (χ2n) is 5.45. The maximum atomic E-state index is 12.3. The minimum atomic E-state index is -0.238. The molecule has 0 atom stereocenters. The van der Waals surface area contributed by atoms with E-state index in [0.717, 1.165) is 16.9 Å². The Labute approximate surface area is 128 Å². The van der Waals surface area contributed by atoms with Crippen LogP contribution in [0.3, 0.4) is 0 Å². The third kappa shape index (κ3) is 2.72. The maximum absolute atomic E-state index is 12.3. The summed E-state index contributed by atoms with van der Waals surface area (Å²) in [6, 6.07) is 5.70. The lowest BCUT2D eigenvalue weighted by molar-refractivity contribution is 0.212. The molecule has 0 unspecified atom stereocenters. The van der Waals surface area contributed by atoms with E-state index in [-0.39, 0.29) is 18.0 Å². The highest BCUT2D eigenvalue weighted by atomic mass is 16.5. The van der Waals surface area contributed by atoms with Gasteiger partial charge in [0, 0.05) is 13.1 Å². The van der Waals surface area contributed by atoms with Crippen molar-refractivity contribution in [2.45, 2.75) is 33.0 Å². The lowest BCUT2D eigenvalue weighted by Gasteiger charge is -2.14. The van der Waals surface area contributed by atoms with Crippen LogP contribution in [0.1, 0.15) is 31.0 Å². The number of hydrogen-bond acceptors (Lipinski definition) is 5. The van der Waals surface area contributed by atoms with Gasteiger partial charge in [0.2, 0.25) is 0 Å². The Kier molecular flexibility index (Phi) is 3.66. The van der Waals surface area contributed by atoms with Crippen molar-refractivity contribution < 1.29 is 9.53 Å². The average molecular weight is 302 g/mol. The quantitative estimate of drug-likeness (QED) is 0.934. The molecule has 0 saturated heterocycles. The second kappa shape index (κ2) is 5.63. The zero-order chi connectivity index (χ0) is 15.7. The average Bonchev–Trinajstić information content (AvgIpc) is 3.12. The molecule has 1 aromatic heterocycles. The number of ether oxygens (including phenoxy) is 1.